The molecular weight excluding hydrogens is 356 g/mol. The lowest BCUT2D eigenvalue weighted by molar-refractivity contribution is 0.102. The standard InChI is InChI=1S/C19H18N8O/c1-11-6-12(2)8-14(7-11)16-10-17(23-22-16)21-18(28)13-4-3-5-15(9-13)20-19-24-26-27-25-19/h3-10H,1-2H3,(H2,21,22,23,28)(H2,20,24,25,26,27). The molecule has 2 aromatic heterocycles. The lowest BCUT2D eigenvalue weighted by atomic mass is 10.1. The number of nitrogens with one attached hydrogen (secondary N) is 4. The smallest absolute Gasteiger partial charge is 0.267 e. The van der Waals surface area contributed by atoms with E-state index in [0.717, 1.165) is 11.3 Å². The minimum Gasteiger partial charge on any atom is -0.322 e. The van der Waals surface area contributed by atoms with Crippen molar-refractivity contribution in [3.05, 3.63) is 65.2 Å². The highest BCUT2D eigenvalue weighted by Crippen LogP contribution is 2.23. The van der Waals surface area contributed by atoms with Crippen molar-refractivity contribution in [1.82, 2.24) is 30.8 Å². The summed E-state index contributed by atoms with van der Waals surface area (Å²) in [5.74, 6) is 0.508. The number of aryl methyl sites for hydroxylation is 2. The molecular formula is C19H18N8O. The molecule has 0 atom stereocenters. The molecule has 9 nitrogen and oxygen atoms in total. The van der Waals surface area contributed by atoms with Crippen molar-refractivity contribution >= 4 is 23.4 Å². The van der Waals surface area contributed by atoms with Gasteiger partial charge >= 0.3 is 0 Å². The van der Waals surface area contributed by atoms with Gasteiger partial charge in [-0.15, -0.1) is 5.10 Å². The molecule has 4 rings (SSSR count). The van der Waals surface area contributed by atoms with Crippen LogP contribution < -0.4 is 10.6 Å². The zero-order valence-electron chi connectivity index (χ0n) is 15.3. The van der Waals surface area contributed by atoms with Gasteiger partial charge in [-0.3, -0.25) is 9.89 Å². The van der Waals surface area contributed by atoms with Gasteiger partial charge in [-0.05, 0) is 49.4 Å². The number of amides is 1. The summed E-state index contributed by atoms with van der Waals surface area (Å²) >= 11 is 0. The number of hydrogen-bond donors (Lipinski definition) is 4. The number of carbonyl (C=O) groups excluding carboxylic acids is 1. The Labute approximate surface area is 160 Å². The van der Waals surface area contributed by atoms with Crippen molar-refractivity contribution in [2.75, 3.05) is 10.6 Å². The van der Waals surface area contributed by atoms with E-state index in [9.17, 15) is 4.79 Å². The second-order valence-corrected chi connectivity index (χ2v) is 6.44. The average Bonchev–Trinajstić information content (AvgIpc) is 3.33. The SMILES string of the molecule is Cc1cc(C)cc(-c2cc(NC(=O)c3cccc(Nc4nn[nH]n4)c3)n[nH]2)c1. The summed E-state index contributed by atoms with van der Waals surface area (Å²) < 4.78 is 0. The van der Waals surface area contributed by atoms with Gasteiger partial charge < -0.3 is 10.6 Å². The largest absolute Gasteiger partial charge is 0.322 e. The predicted octanol–water partition coefficient (Wildman–Crippen LogP) is 3.20. The quantitative estimate of drug-likeness (QED) is 0.425. The monoisotopic (exact) mass is 374 g/mol. The molecule has 1 amide bonds. The van der Waals surface area contributed by atoms with Crippen LogP contribution in [0.3, 0.4) is 0 Å². The molecule has 9 heteroatoms. The third kappa shape index (κ3) is 3.88. The lowest BCUT2D eigenvalue weighted by Crippen LogP contribution is -2.12. The zero-order valence-corrected chi connectivity index (χ0v) is 15.3. The number of rotatable bonds is 5. The van der Waals surface area contributed by atoms with Gasteiger partial charge in [0.15, 0.2) is 5.82 Å². The summed E-state index contributed by atoms with van der Waals surface area (Å²) in [4.78, 5) is 12.6. The van der Waals surface area contributed by atoms with Gasteiger partial charge in [-0.2, -0.15) is 10.3 Å². The maximum absolute atomic E-state index is 12.6. The van der Waals surface area contributed by atoms with Crippen LogP contribution in [0.15, 0.2) is 48.5 Å². The van der Waals surface area contributed by atoms with Crippen LogP contribution >= 0.6 is 0 Å². The molecule has 0 saturated carbocycles. The van der Waals surface area contributed by atoms with E-state index in [1.54, 1.807) is 24.3 Å². The summed E-state index contributed by atoms with van der Waals surface area (Å²) in [6, 6.07) is 15.0. The van der Waals surface area contributed by atoms with E-state index in [1.165, 1.54) is 11.1 Å². The first-order valence-electron chi connectivity index (χ1n) is 8.63. The third-order valence-corrected chi connectivity index (χ3v) is 4.08. The summed E-state index contributed by atoms with van der Waals surface area (Å²) in [6.45, 7) is 4.09. The van der Waals surface area contributed by atoms with Crippen LogP contribution in [0.25, 0.3) is 11.3 Å². The number of aromatic amines is 2. The van der Waals surface area contributed by atoms with Crippen LogP contribution in [0.5, 0.6) is 0 Å². The Morgan fingerprint density at radius 2 is 1.82 bits per heavy atom. The number of benzene rings is 2. The van der Waals surface area contributed by atoms with Crippen LogP contribution in [-0.4, -0.2) is 36.7 Å². The highest BCUT2D eigenvalue weighted by molar-refractivity contribution is 6.04. The third-order valence-electron chi connectivity index (χ3n) is 4.08. The Morgan fingerprint density at radius 1 is 1.00 bits per heavy atom. The fourth-order valence-corrected chi connectivity index (χ4v) is 2.93. The molecule has 2 heterocycles. The second kappa shape index (κ2) is 7.31. The van der Waals surface area contributed by atoms with Crippen LogP contribution in [0, 0.1) is 13.8 Å². The Kier molecular flexibility index (Phi) is 4.55. The molecule has 4 aromatic rings. The first-order valence-corrected chi connectivity index (χ1v) is 8.63. The molecule has 0 spiro atoms. The molecule has 0 aliphatic heterocycles. The van der Waals surface area contributed by atoms with Crippen molar-refractivity contribution in [2.45, 2.75) is 13.8 Å². The van der Waals surface area contributed by atoms with Gasteiger partial charge in [0, 0.05) is 22.9 Å². The summed E-state index contributed by atoms with van der Waals surface area (Å²) in [5.41, 5.74) is 5.35. The fraction of sp³-hybridized carbons (Fsp3) is 0.105. The highest BCUT2D eigenvalue weighted by atomic mass is 16.1. The molecule has 0 unspecified atom stereocenters. The van der Waals surface area contributed by atoms with E-state index in [1.807, 2.05) is 19.9 Å². The fourth-order valence-electron chi connectivity index (χ4n) is 2.93. The molecule has 0 bridgehead atoms. The number of nitrogens with zero attached hydrogens (tertiary/aromatic N) is 4. The molecule has 0 saturated heterocycles. The highest BCUT2D eigenvalue weighted by Gasteiger charge is 2.11. The molecule has 4 N–H and O–H groups in total. The van der Waals surface area contributed by atoms with E-state index in [0.29, 0.717) is 23.0 Å². The molecule has 2 aromatic carbocycles. The normalized spacial score (nSPS) is 10.6. The Morgan fingerprint density at radius 3 is 2.57 bits per heavy atom. The number of aromatic nitrogens is 6. The van der Waals surface area contributed by atoms with E-state index >= 15 is 0 Å². The predicted molar refractivity (Wildman–Crippen MR) is 105 cm³/mol. The molecule has 0 aliphatic carbocycles. The van der Waals surface area contributed by atoms with E-state index in [-0.39, 0.29) is 5.91 Å². The summed E-state index contributed by atoms with van der Waals surface area (Å²) in [7, 11) is 0. The average molecular weight is 374 g/mol. The second-order valence-electron chi connectivity index (χ2n) is 6.44. The summed E-state index contributed by atoms with van der Waals surface area (Å²) in [6.07, 6.45) is 0. The molecule has 0 radical (unpaired) electrons. The van der Waals surface area contributed by atoms with Crippen molar-refractivity contribution in [3.8, 4) is 11.3 Å². The van der Waals surface area contributed by atoms with Crippen LogP contribution in [-0.2, 0) is 0 Å². The number of H-pyrrole nitrogens is 2. The van der Waals surface area contributed by atoms with Crippen LogP contribution in [0.1, 0.15) is 21.5 Å². The Bertz CT molecular complexity index is 1100. The molecule has 140 valence electrons. The maximum Gasteiger partial charge on any atom is 0.267 e. The minimum atomic E-state index is -0.268. The van der Waals surface area contributed by atoms with E-state index in [4.69, 9.17) is 0 Å². The first-order chi connectivity index (χ1) is 13.6. The van der Waals surface area contributed by atoms with Gasteiger partial charge in [0.05, 0.1) is 5.69 Å². The summed E-state index contributed by atoms with van der Waals surface area (Å²) in [5, 5.41) is 26.4. The first kappa shape index (κ1) is 17.4. The van der Waals surface area contributed by atoms with E-state index in [2.05, 4.69) is 59.7 Å². The van der Waals surface area contributed by atoms with Crippen LogP contribution in [0.2, 0.25) is 0 Å². The number of tetrazole rings is 1. The van der Waals surface area contributed by atoms with Gasteiger partial charge in [-0.25, -0.2) is 0 Å². The van der Waals surface area contributed by atoms with Crippen LogP contribution in [0.4, 0.5) is 17.5 Å². The van der Waals surface area contributed by atoms with Crippen molar-refractivity contribution in [3.63, 3.8) is 0 Å². The minimum absolute atomic E-state index is 0.268. The van der Waals surface area contributed by atoms with Crippen molar-refractivity contribution < 1.29 is 4.79 Å². The molecule has 0 fully saturated rings. The van der Waals surface area contributed by atoms with Crippen molar-refractivity contribution in [1.29, 1.82) is 0 Å². The van der Waals surface area contributed by atoms with Gasteiger partial charge in [0.25, 0.3) is 11.9 Å². The number of carbonyl (C=O) groups is 1. The van der Waals surface area contributed by atoms with Gasteiger partial charge in [-0.1, -0.05) is 28.4 Å². The maximum atomic E-state index is 12.6. The topological polar surface area (TPSA) is 124 Å². The number of anilines is 3. The van der Waals surface area contributed by atoms with Crippen molar-refractivity contribution in [2.24, 2.45) is 0 Å². The van der Waals surface area contributed by atoms with E-state index < -0.39 is 0 Å². The molecule has 28 heavy (non-hydrogen) atoms. The van der Waals surface area contributed by atoms with Gasteiger partial charge in [0.1, 0.15) is 0 Å². The number of hydrogen-bond acceptors (Lipinski definition) is 6. The van der Waals surface area contributed by atoms with Gasteiger partial charge in [0.2, 0.25) is 0 Å². The lowest BCUT2D eigenvalue weighted by Gasteiger charge is -2.05. The molecule has 0 aliphatic rings. The Balaban J connectivity index is 1.49. The Hall–Kier alpha value is -4.01. The zero-order chi connectivity index (χ0) is 19.5.